The van der Waals surface area contributed by atoms with Gasteiger partial charge >= 0.3 is 0 Å². The summed E-state index contributed by atoms with van der Waals surface area (Å²) in [5, 5.41) is 7.98. The minimum absolute atomic E-state index is 0.0460. The van der Waals surface area contributed by atoms with Crippen molar-refractivity contribution < 1.29 is 14.3 Å². The maximum Gasteiger partial charge on any atom is 0.255 e. The average molecular weight is 413 g/mol. The lowest BCUT2D eigenvalue weighted by Crippen LogP contribution is -2.42. The number of nitrogens with zero attached hydrogens (tertiary/aromatic N) is 3. The molecule has 1 amide bonds. The highest BCUT2D eigenvalue weighted by Crippen LogP contribution is 2.24. The second-order valence-corrected chi connectivity index (χ2v) is 7.11. The highest BCUT2D eigenvalue weighted by molar-refractivity contribution is 6.32. The van der Waals surface area contributed by atoms with Gasteiger partial charge < -0.3 is 14.4 Å². The van der Waals surface area contributed by atoms with Crippen molar-refractivity contribution in [1.29, 1.82) is 0 Å². The molecule has 1 aliphatic rings. The van der Waals surface area contributed by atoms with Crippen molar-refractivity contribution in [3.8, 4) is 5.75 Å². The van der Waals surface area contributed by atoms with Gasteiger partial charge in [-0.05, 0) is 30.3 Å². The number of benzene rings is 1. The fourth-order valence-corrected chi connectivity index (χ4v) is 3.38. The topological polar surface area (TPSA) is 80.3 Å². The molecule has 0 radical (unpaired) electrons. The maximum atomic E-state index is 12.7. The SMILES string of the molecule is O=C(c1cccnc1)N1CCO[C@H](c2cc(CCOc3ccccc3Cl)[nH]n2)C1. The van der Waals surface area contributed by atoms with Crippen LogP contribution >= 0.6 is 11.6 Å². The van der Waals surface area contributed by atoms with Gasteiger partial charge in [0.15, 0.2) is 0 Å². The first-order valence-corrected chi connectivity index (χ1v) is 9.81. The zero-order valence-electron chi connectivity index (χ0n) is 15.8. The van der Waals surface area contributed by atoms with Gasteiger partial charge in [0, 0.05) is 31.1 Å². The van der Waals surface area contributed by atoms with Crippen LogP contribution in [0.15, 0.2) is 54.9 Å². The highest BCUT2D eigenvalue weighted by Gasteiger charge is 2.27. The van der Waals surface area contributed by atoms with E-state index >= 15 is 0 Å². The van der Waals surface area contributed by atoms with Gasteiger partial charge in [-0.2, -0.15) is 5.10 Å². The van der Waals surface area contributed by atoms with Crippen LogP contribution in [0.1, 0.15) is 27.8 Å². The summed E-state index contributed by atoms with van der Waals surface area (Å²) in [6.45, 7) is 1.94. The molecule has 1 saturated heterocycles. The Morgan fingerprint density at radius 2 is 2.21 bits per heavy atom. The summed E-state index contributed by atoms with van der Waals surface area (Å²) in [6, 6.07) is 12.9. The Balaban J connectivity index is 1.34. The van der Waals surface area contributed by atoms with E-state index in [1.807, 2.05) is 24.3 Å². The lowest BCUT2D eigenvalue weighted by molar-refractivity contribution is -0.0247. The third kappa shape index (κ3) is 4.75. The smallest absolute Gasteiger partial charge is 0.255 e. The van der Waals surface area contributed by atoms with E-state index in [0.29, 0.717) is 49.1 Å². The second-order valence-electron chi connectivity index (χ2n) is 6.70. The molecule has 1 atom stereocenters. The van der Waals surface area contributed by atoms with E-state index in [9.17, 15) is 4.79 Å². The molecule has 3 aromatic rings. The molecule has 0 bridgehead atoms. The number of para-hydroxylation sites is 1. The van der Waals surface area contributed by atoms with Crippen LogP contribution < -0.4 is 4.74 Å². The van der Waals surface area contributed by atoms with Gasteiger partial charge in [-0.3, -0.25) is 14.9 Å². The zero-order chi connectivity index (χ0) is 20.1. The number of H-pyrrole nitrogens is 1. The van der Waals surface area contributed by atoms with Crippen molar-refractivity contribution in [1.82, 2.24) is 20.1 Å². The number of carbonyl (C=O) groups excluding carboxylic acids is 1. The largest absolute Gasteiger partial charge is 0.492 e. The van der Waals surface area contributed by atoms with E-state index in [4.69, 9.17) is 21.1 Å². The Kier molecular flexibility index (Phi) is 6.07. The number of morpholine rings is 1. The molecule has 8 heteroatoms. The highest BCUT2D eigenvalue weighted by atomic mass is 35.5. The summed E-state index contributed by atoms with van der Waals surface area (Å²) in [5.41, 5.74) is 2.29. The molecule has 150 valence electrons. The Bertz CT molecular complexity index is 963. The van der Waals surface area contributed by atoms with Crippen LogP contribution in [0, 0.1) is 0 Å². The summed E-state index contributed by atoms with van der Waals surface area (Å²) < 4.78 is 11.6. The minimum Gasteiger partial charge on any atom is -0.492 e. The predicted octanol–water partition coefficient (Wildman–Crippen LogP) is 3.29. The third-order valence-electron chi connectivity index (χ3n) is 4.71. The van der Waals surface area contributed by atoms with Crippen LogP contribution in [0.25, 0.3) is 0 Å². The summed E-state index contributed by atoms with van der Waals surface area (Å²) in [6.07, 6.45) is 3.63. The first-order valence-electron chi connectivity index (χ1n) is 9.43. The fourth-order valence-electron chi connectivity index (χ4n) is 3.19. The van der Waals surface area contributed by atoms with Crippen molar-refractivity contribution in [2.75, 3.05) is 26.3 Å². The second kappa shape index (κ2) is 9.07. The molecular formula is C21H21ClN4O3. The molecule has 0 spiro atoms. The van der Waals surface area contributed by atoms with Crippen LogP contribution in [-0.2, 0) is 11.2 Å². The number of nitrogens with one attached hydrogen (secondary N) is 1. The van der Waals surface area contributed by atoms with Crippen molar-refractivity contribution in [3.63, 3.8) is 0 Å². The summed E-state index contributed by atoms with van der Waals surface area (Å²) in [5.74, 6) is 0.615. The molecule has 1 aromatic carbocycles. The van der Waals surface area contributed by atoms with Gasteiger partial charge in [0.2, 0.25) is 0 Å². The molecule has 1 fully saturated rings. The number of hydrogen-bond donors (Lipinski definition) is 1. The minimum atomic E-state index is -0.265. The van der Waals surface area contributed by atoms with Crippen molar-refractivity contribution in [3.05, 3.63) is 76.8 Å². The Morgan fingerprint density at radius 1 is 1.31 bits per heavy atom. The average Bonchev–Trinajstić information content (AvgIpc) is 3.24. The Morgan fingerprint density at radius 3 is 3.03 bits per heavy atom. The van der Waals surface area contributed by atoms with Crippen molar-refractivity contribution in [2.24, 2.45) is 0 Å². The van der Waals surface area contributed by atoms with E-state index in [1.54, 1.807) is 35.5 Å². The monoisotopic (exact) mass is 412 g/mol. The standard InChI is InChI=1S/C21H21ClN4O3/c22-17-5-1-2-6-19(17)28-10-7-16-12-18(25-24-16)20-14-26(9-11-29-20)21(27)15-4-3-8-23-13-15/h1-6,8,12-13,20H,7,9-11,14H2,(H,24,25)/t20-/m0/s1. The van der Waals surface area contributed by atoms with Crippen LogP contribution in [0.5, 0.6) is 5.75 Å². The van der Waals surface area contributed by atoms with E-state index in [0.717, 1.165) is 11.4 Å². The number of hydrogen-bond acceptors (Lipinski definition) is 5. The molecule has 7 nitrogen and oxygen atoms in total. The quantitative estimate of drug-likeness (QED) is 0.672. The first kappa shape index (κ1) is 19.4. The number of amides is 1. The lowest BCUT2D eigenvalue weighted by atomic mass is 10.1. The molecular weight excluding hydrogens is 392 g/mol. The Labute approximate surface area is 173 Å². The molecule has 4 rings (SSSR count). The molecule has 1 N–H and O–H groups in total. The van der Waals surface area contributed by atoms with Gasteiger partial charge in [0.05, 0.1) is 36.0 Å². The first-order chi connectivity index (χ1) is 14.2. The lowest BCUT2D eigenvalue weighted by Gasteiger charge is -2.32. The number of aromatic amines is 1. The zero-order valence-corrected chi connectivity index (χ0v) is 16.5. The van der Waals surface area contributed by atoms with E-state index < -0.39 is 0 Å². The number of pyridine rings is 1. The molecule has 0 unspecified atom stereocenters. The fraction of sp³-hybridized carbons (Fsp3) is 0.286. The van der Waals surface area contributed by atoms with E-state index in [1.165, 1.54) is 0 Å². The number of aromatic nitrogens is 3. The molecule has 0 aliphatic carbocycles. The number of carbonyl (C=O) groups is 1. The molecule has 2 aromatic heterocycles. The normalized spacial score (nSPS) is 16.6. The Hall–Kier alpha value is -2.90. The third-order valence-corrected chi connectivity index (χ3v) is 5.02. The van der Waals surface area contributed by atoms with Gasteiger partial charge in [-0.1, -0.05) is 23.7 Å². The molecule has 0 saturated carbocycles. The number of halogens is 1. The summed E-state index contributed by atoms with van der Waals surface area (Å²) in [7, 11) is 0. The van der Waals surface area contributed by atoms with Gasteiger partial charge in [0.25, 0.3) is 5.91 Å². The van der Waals surface area contributed by atoms with E-state index in [-0.39, 0.29) is 12.0 Å². The van der Waals surface area contributed by atoms with Crippen LogP contribution in [0.2, 0.25) is 5.02 Å². The van der Waals surface area contributed by atoms with E-state index in [2.05, 4.69) is 15.2 Å². The summed E-state index contributed by atoms with van der Waals surface area (Å²) >= 11 is 6.10. The van der Waals surface area contributed by atoms with Crippen molar-refractivity contribution >= 4 is 17.5 Å². The number of rotatable bonds is 6. The van der Waals surface area contributed by atoms with Gasteiger partial charge in [-0.25, -0.2) is 0 Å². The van der Waals surface area contributed by atoms with Gasteiger partial charge in [0.1, 0.15) is 11.9 Å². The maximum absolute atomic E-state index is 12.7. The molecule has 29 heavy (non-hydrogen) atoms. The summed E-state index contributed by atoms with van der Waals surface area (Å²) in [4.78, 5) is 18.5. The van der Waals surface area contributed by atoms with Crippen LogP contribution in [0.3, 0.4) is 0 Å². The van der Waals surface area contributed by atoms with Crippen LogP contribution in [0.4, 0.5) is 0 Å². The predicted molar refractivity (Wildman–Crippen MR) is 108 cm³/mol. The van der Waals surface area contributed by atoms with Crippen molar-refractivity contribution in [2.45, 2.75) is 12.5 Å². The van der Waals surface area contributed by atoms with Gasteiger partial charge in [-0.15, -0.1) is 0 Å². The molecule has 1 aliphatic heterocycles. The molecule has 3 heterocycles. The number of ether oxygens (including phenoxy) is 2. The van der Waals surface area contributed by atoms with Crippen LogP contribution in [-0.4, -0.2) is 52.3 Å².